The average Bonchev–Trinajstić information content (AvgIpc) is 2.58. The molecule has 140 valence electrons. The molecule has 0 unspecified atom stereocenters. The number of amides is 1. The van der Waals surface area contributed by atoms with Crippen LogP contribution in [0.25, 0.3) is 0 Å². The Kier molecular flexibility index (Phi) is 6.68. The van der Waals surface area contributed by atoms with Gasteiger partial charge in [-0.15, -0.1) is 0 Å². The summed E-state index contributed by atoms with van der Waals surface area (Å²) in [5.74, 6) is -1.56. The van der Waals surface area contributed by atoms with E-state index in [-0.39, 0.29) is 11.5 Å². The van der Waals surface area contributed by atoms with Crippen molar-refractivity contribution in [2.24, 2.45) is 0 Å². The Morgan fingerprint density at radius 1 is 1.08 bits per heavy atom. The first-order valence-corrected chi connectivity index (χ1v) is 9.85. The first-order valence-electron chi connectivity index (χ1n) is 8.01. The van der Waals surface area contributed by atoms with Crippen LogP contribution in [-0.4, -0.2) is 33.7 Å². The lowest BCUT2D eigenvalue weighted by Crippen LogP contribution is -2.41. The SMILES string of the molecule is CS(=O)(=O)N(CC(=O)NCCCc1ccc(F)cc1)c1ccccc1F. The summed E-state index contributed by atoms with van der Waals surface area (Å²) in [6, 6.07) is 11.4. The van der Waals surface area contributed by atoms with Crippen molar-refractivity contribution in [3.63, 3.8) is 0 Å². The van der Waals surface area contributed by atoms with Gasteiger partial charge < -0.3 is 5.32 Å². The zero-order chi connectivity index (χ0) is 19.2. The van der Waals surface area contributed by atoms with Crippen molar-refractivity contribution >= 4 is 21.6 Å². The van der Waals surface area contributed by atoms with Crippen LogP contribution in [-0.2, 0) is 21.2 Å². The minimum Gasteiger partial charge on any atom is -0.355 e. The van der Waals surface area contributed by atoms with E-state index in [4.69, 9.17) is 0 Å². The fraction of sp³-hybridized carbons (Fsp3) is 0.278. The Labute approximate surface area is 151 Å². The van der Waals surface area contributed by atoms with Crippen LogP contribution in [0.15, 0.2) is 48.5 Å². The number of nitrogens with zero attached hydrogens (tertiary/aromatic N) is 1. The molecule has 0 aliphatic rings. The molecule has 0 aromatic heterocycles. The predicted molar refractivity (Wildman–Crippen MR) is 96.3 cm³/mol. The van der Waals surface area contributed by atoms with Crippen molar-refractivity contribution in [3.8, 4) is 0 Å². The van der Waals surface area contributed by atoms with E-state index >= 15 is 0 Å². The molecule has 0 bridgehead atoms. The van der Waals surface area contributed by atoms with Gasteiger partial charge in [-0.1, -0.05) is 24.3 Å². The Bertz CT molecular complexity index is 855. The Morgan fingerprint density at radius 3 is 2.35 bits per heavy atom. The summed E-state index contributed by atoms with van der Waals surface area (Å²) in [7, 11) is -3.82. The standard InChI is InChI=1S/C18H20F2N2O3S/c1-26(24,25)22(17-7-3-2-6-16(17)20)13-18(23)21-12-4-5-14-8-10-15(19)11-9-14/h2-3,6-11H,4-5,12-13H2,1H3,(H,21,23). The third-order valence-electron chi connectivity index (χ3n) is 3.69. The van der Waals surface area contributed by atoms with Gasteiger partial charge in [0.05, 0.1) is 11.9 Å². The third kappa shape index (κ3) is 5.80. The molecule has 0 fully saturated rings. The molecule has 2 aromatic rings. The van der Waals surface area contributed by atoms with Crippen molar-refractivity contribution in [1.82, 2.24) is 5.32 Å². The monoisotopic (exact) mass is 382 g/mol. The van der Waals surface area contributed by atoms with E-state index in [1.54, 1.807) is 12.1 Å². The maximum Gasteiger partial charge on any atom is 0.240 e. The molecule has 0 saturated carbocycles. The minimum absolute atomic E-state index is 0.170. The molecule has 8 heteroatoms. The molecule has 0 aliphatic carbocycles. The molecule has 0 spiro atoms. The van der Waals surface area contributed by atoms with Crippen LogP contribution in [0.4, 0.5) is 14.5 Å². The second-order valence-electron chi connectivity index (χ2n) is 5.80. The number of nitrogens with one attached hydrogen (secondary N) is 1. The molecular weight excluding hydrogens is 362 g/mol. The first kappa shape index (κ1) is 19.8. The van der Waals surface area contributed by atoms with Gasteiger partial charge in [-0.2, -0.15) is 0 Å². The number of para-hydroxylation sites is 1. The fourth-order valence-corrected chi connectivity index (χ4v) is 3.25. The largest absolute Gasteiger partial charge is 0.355 e. The van der Waals surface area contributed by atoms with E-state index < -0.39 is 28.3 Å². The van der Waals surface area contributed by atoms with Gasteiger partial charge >= 0.3 is 0 Å². The van der Waals surface area contributed by atoms with Crippen molar-refractivity contribution in [2.45, 2.75) is 12.8 Å². The molecule has 2 rings (SSSR count). The molecule has 0 atom stereocenters. The van der Waals surface area contributed by atoms with Crippen LogP contribution < -0.4 is 9.62 Å². The maximum atomic E-state index is 13.9. The topological polar surface area (TPSA) is 66.5 Å². The first-order chi connectivity index (χ1) is 12.3. The molecule has 0 saturated heterocycles. The summed E-state index contributed by atoms with van der Waals surface area (Å²) in [6.45, 7) is -0.179. The van der Waals surface area contributed by atoms with Crippen LogP contribution in [0.5, 0.6) is 0 Å². The number of carbonyl (C=O) groups is 1. The summed E-state index contributed by atoms with van der Waals surface area (Å²) in [5.41, 5.74) is 0.765. The summed E-state index contributed by atoms with van der Waals surface area (Å²) < 4.78 is 51.3. The molecule has 5 nitrogen and oxygen atoms in total. The van der Waals surface area contributed by atoms with Gasteiger partial charge in [0, 0.05) is 6.54 Å². The van der Waals surface area contributed by atoms with Crippen LogP contribution in [0.3, 0.4) is 0 Å². The predicted octanol–water partition coefficient (Wildman–Crippen LogP) is 2.48. The molecule has 1 amide bonds. The number of rotatable bonds is 8. The Hall–Kier alpha value is -2.48. The summed E-state index contributed by atoms with van der Waals surface area (Å²) in [5, 5.41) is 2.61. The summed E-state index contributed by atoms with van der Waals surface area (Å²) in [6.07, 6.45) is 2.17. The number of halogens is 2. The van der Waals surface area contributed by atoms with Crippen LogP contribution in [0, 0.1) is 11.6 Å². The molecule has 0 radical (unpaired) electrons. The smallest absolute Gasteiger partial charge is 0.240 e. The number of hydrogen-bond acceptors (Lipinski definition) is 3. The normalized spacial score (nSPS) is 11.2. The number of anilines is 1. The van der Waals surface area contributed by atoms with Crippen molar-refractivity contribution < 1.29 is 22.0 Å². The third-order valence-corrected chi connectivity index (χ3v) is 4.81. The quantitative estimate of drug-likeness (QED) is 0.714. The lowest BCUT2D eigenvalue weighted by atomic mass is 10.1. The Balaban J connectivity index is 1.89. The van der Waals surface area contributed by atoms with E-state index in [0.717, 1.165) is 22.2 Å². The van der Waals surface area contributed by atoms with Crippen LogP contribution >= 0.6 is 0 Å². The Morgan fingerprint density at radius 2 is 1.73 bits per heavy atom. The van der Waals surface area contributed by atoms with Crippen molar-refractivity contribution in [1.29, 1.82) is 0 Å². The number of carbonyl (C=O) groups excluding carboxylic acids is 1. The van der Waals surface area contributed by atoms with Crippen molar-refractivity contribution in [3.05, 3.63) is 65.7 Å². The van der Waals surface area contributed by atoms with E-state index in [2.05, 4.69) is 5.32 Å². The average molecular weight is 382 g/mol. The minimum atomic E-state index is -3.82. The fourth-order valence-electron chi connectivity index (χ4n) is 2.39. The van der Waals surface area contributed by atoms with E-state index in [0.29, 0.717) is 19.4 Å². The highest BCUT2D eigenvalue weighted by atomic mass is 32.2. The number of benzene rings is 2. The van der Waals surface area contributed by atoms with E-state index in [1.165, 1.54) is 30.3 Å². The molecule has 0 aliphatic heterocycles. The van der Waals surface area contributed by atoms with Gasteiger partial charge in [0.15, 0.2) is 0 Å². The van der Waals surface area contributed by atoms with Crippen LogP contribution in [0.1, 0.15) is 12.0 Å². The maximum absolute atomic E-state index is 13.9. The van der Waals surface area contributed by atoms with E-state index in [9.17, 15) is 22.0 Å². The van der Waals surface area contributed by atoms with E-state index in [1.807, 2.05) is 0 Å². The number of sulfonamides is 1. The second-order valence-corrected chi connectivity index (χ2v) is 7.71. The highest BCUT2D eigenvalue weighted by Crippen LogP contribution is 2.20. The number of aryl methyl sites for hydroxylation is 1. The zero-order valence-electron chi connectivity index (χ0n) is 14.3. The zero-order valence-corrected chi connectivity index (χ0v) is 15.1. The van der Waals surface area contributed by atoms with Crippen molar-refractivity contribution in [2.75, 3.05) is 23.7 Å². The molecule has 26 heavy (non-hydrogen) atoms. The lowest BCUT2D eigenvalue weighted by Gasteiger charge is -2.22. The molecule has 0 heterocycles. The highest BCUT2D eigenvalue weighted by molar-refractivity contribution is 7.92. The second kappa shape index (κ2) is 8.75. The molecule has 1 N–H and O–H groups in total. The van der Waals surface area contributed by atoms with Gasteiger partial charge in [0.1, 0.15) is 18.2 Å². The lowest BCUT2D eigenvalue weighted by molar-refractivity contribution is -0.119. The van der Waals surface area contributed by atoms with Gasteiger partial charge in [-0.05, 0) is 42.7 Å². The van der Waals surface area contributed by atoms with Gasteiger partial charge in [-0.25, -0.2) is 17.2 Å². The van der Waals surface area contributed by atoms with Crippen LogP contribution in [0.2, 0.25) is 0 Å². The van der Waals surface area contributed by atoms with Gasteiger partial charge in [-0.3, -0.25) is 9.10 Å². The molecular formula is C18H20F2N2O3S. The molecule has 2 aromatic carbocycles. The number of hydrogen-bond donors (Lipinski definition) is 1. The summed E-state index contributed by atoms with van der Waals surface area (Å²) in [4.78, 5) is 12.1. The van der Waals surface area contributed by atoms with Gasteiger partial charge in [0.25, 0.3) is 0 Å². The van der Waals surface area contributed by atoms with Gasteiger partial charge in [0.2, 0.25) is 15.9 Å². The summed E-state index contributed by atoms with van der Waals surface area (Å²) >= 11 is 0. The highest BCUT2D eigenvalue weighted by Gasteiger charge is 2.23.